The Labute approximate surface area is 114 Å². The van der Waals surface area contributed by atoms with Crippen molar-refractivity contribution in [2.75, 3.05) is 13.7 Å². The van der Waals surface area contributed by atoms with Gasteiger partial charge in [0.2, 0.25) is 0 Å². The van der Waals surface area contributed by atoms with Gasteiger partial charge in [-0.15, -0.1) is 0 Å². The Morgan fingerprint density at radius 1 is 1.32 bits per heavy atom. The molecule has 0 fully saturated rings. The lowest BCUT2D eigenvalue weighted by Gasteiger charge is -2.31. The van der Waals surface area contributed by atoms with E-state index >= 15 is 0 Å². The lowest BCUT2D eigenvalue weighted by molar-refractivity contribution is 0.0599. The number of rotatable bonds is 7. The highest BCUT2D eigenvalue weighted by Crippen LogP contribution is 2.17. The van der Waals surface area contributed by atoms with Crippen LogP contribution in [0.4, 0.5) is 0 Å². The van der Waals surface area contributed by atoms with Crippen LogP contribution in [-0.2, 0) is 11.3 Å². The maximum Gasteiger partial charge on any atom is 0.338 e. The molecule has 0 aromatic heterocycles. The van der Waals surface area contributed by atoms with Crippen molar-refractivity contribution in [2.45, 2.75) is 38.8 Å². The van der Waals surface area contributed by atoms with E-state index in [1.807, 2.05) is 32.0 Å². The Morgan fingerprint density at radius 3 is 2.47 bits per heavy atom. The molecule has 0 saturated heterocycles. The van der Waals surface area contributed by atoms with Crippen molar-refractivity contribution in [2.24, 2.45) is 0 Å². The average Bonchev–Trinajstić information content (AvgIpc) is 2.49. The predicted octanol–water partition coefficient (Wildman–Crippen LogP) is 2.11. The average molecular weight is 265 g/mol. The topological polar surface area (TPSA) is 58.6 Å². The van der Waals surface area contributed by atoms with Crippen LogP contribution in [0.5, 0.6) is 0 Å². The molecule has 19 heavy (non-hydrogen) atoms. The van der Waals surface area contributed by atoms with Crippen molar-refractivity contribution in [3.8, 4) is 0 Å². The van der Waals surface area contributed by atoms with Crippen LogP contribution in [0.15, 0.2) is 24.3 Å². The van der Waals surface area contributed by atoms with Crippen LogP contribution < -0.4 is 5.32 Å². The molecule has 0 aliphatic carbocycles. The molecule has 2 N–H and O–H groups in total. The van der Waals surface area contributed by atoms with E-state index in [2.05, 4.69) is 5.32 Å². The first-order valence-corrected chi connectivity index (χ1v) is 6.64. The van der Waals surface area contributed by atoms with Gasteiger partial charge in [0, 0.05) is 12.1 Å². The number of aliphatic hydroxyl groups excluding tert-OH is 1. The summed E-state index contributed by atoms with van der Waals surface area (Å²) in [7, 11) is 1.38. The molecule has 4 nitrogen and oxygen atoms in total. The fourth-order valence-corrected chi connectivity index (χ4v) is 2.05. The second-order valence-corrected chi connectivity index (χ2v) is 4.65. The molecule has 4 heteroatoms. The van der Waals surface area contributed by atoms with E-state index in [0.29, 0.717) is 12.1 Å². The van der Waals surface area contributed by atoms with Gasteiger partial charge in [0.05, 0.1) is 19.3 Å². The number of hydrogen-bond acceptors (Lipinski definition) is 4. The van der Waals surface area contributed by atoms with Crippen LogP contribution in [0.2, 0.25) is 0 Å². The molecule has 0 spiro atoms. The number of esters is 1. The van der Waals surface area contributed by atoms with Crippen molar-refractivity contribution >= 4 is 5.97 Å². The van der Waals surface area contributed by atoms with E-state index in [4.69, 9.17) is 4.74 Å². The van der Waals surface area contributed by atoms with Gasteiger partial charge in [-0.1, -0.05) is 32.0 Å². The number of carbonyl (C=O) groups is 1. The van der Waals surface area contributed by atoms with Gasteiger partial charge in [0.15, 0.2) is 0 Å². The first-order valence-electron chi connectivity index (χ1n) is 6.64. The summed E-state index contributed by atoms with van der Waals surface area (Å²) in [6.45, 7) is 4.70. The number of carbonyl (C=O) groups excluding carboxylic acids is 1. The van der Waals surface area contributed by atoms with Crippen LogP contribution in [0.25, 0.3) is 0 Å². The van der Waals surface area contributed by atoms with Crippen LogP contribution in [0, 0.1) is 0 Å². The lowest BCUT2D eigenvalue weighted by atomic mass is 9.93. The van der Waals surface area contributed by atoms with Gasteiger partial charge >= 0.3 is 5.97 Å². The van der Waals surface area contributed by atoms with Gasteiger partial charge in [0.25, 0.3) is 0 Å². The summed E-state index contributed by atoms with van der Waals surface area (Å²) >= 11 is 0. The molecular formula is C15H23NO3. The minimum Gasteiger partial charge on any atom is -0.465 e. The van der Waals surface area contributed by atoms with E-state index in [9.17, 15) is 9.90 Å². The number of nitrogens with one attached hydrogen (secondary N) is 1. The summed E-state index contributed by atoms with van der Waals surface area (Å²) < 4.78 is 4.77. The second-order valence-electron chi connectivity index (χ2n) is 4.65. The summed E-state index contributed by atoms with van der Waals surface area (Å²) in [5.41, 5.74) is 1.16. The molecule has 0 amide bonds. The molecule has 0 unspecified atom stereocenters. The zero-order valence-corrected chi connectivity index (χ0v) is 11.9. The number of hydrogen-bond donors (Lipinski definition) is 2. The summed E-state index contributed by atoms with van der Waals surface area (Å²) in [6, 6.07) is 7.35. The van der Waals surface area contributed by atoms with E-state index in [-0.39, 0.29) is 18.1 Å². The summed E-state index contributed by atoms with van der Waals surface area (Å²) in [5, 5.41) is 12.9. The largest absolute Gasteiger partial charge is 0.465 e. The number of ether oxygens (including phenoxy) is 1. The van der Waals surface area contributed by atoms with Crippen LogP contribution in [0.3, 0.4) is 0 Å². The van der Waals surface area contributed by atoms with Gasteiger partial charge in [-0.2, -0.15) is 0 Å². The number of aliphatic hydroxyl groups is 1. The highest BCUT2D eigenvalue weighted by molar-refractivity contribution is 5.90. The number of methoxy groups -OCH3 is 1. The molecule has 0 radical (unpaired) electrons. The SMILES string of the molecule is CCC(CC)(CO)NCc1ccccc1C(=O)OC. The van der Waals surface area contributed by atoms with Crippen molar-refractivity contribution in [1.82, 2.24) is 5.32 Å². The molecule has 0 aliphatic rings. The van der Waals surface area contributed by atoms with Gasteiger partial charge in [-0.25, -0.2) is 4.79 Å². The highest BCUT2D eigenvalue weighted by atomic mass is 16.5. The van der Waals surface area contributed by atoms with E-state index in [1.165, 1.54) is 7.11 Å². The van der Waals surface area contributed by atoms with Crippen molar-refractivity contribution in [1.29, 1.82) is 0 Å². The van der Waals surface area contributed by atoms with Gasteiger partial charge in [0.1, 0.15) is 0 Å². The quantitative estimate of drug-likeness (QED) is 0.741. The number of benzene rings is 1. The van der Waals surface area contributed by atoms with Crippen molar-refractivity contribution < 1.29 is 14.6 Å². The minimum atomic E-state index is -0.333. The third-order valence-corrected chi connectivity index (χ3v) is 3.73. The van der Waals surface area contributed by atoms with Crippen LogP contribution in [0.1, 0.15) is 42.6 Å². The third kappa shape index (κ3) is 3.78. The Kier molecular flexibility index (Phi) is 5.99. The summed E-state index contributed by atoms with van der Waals surface area (Å²) in [4.78, 5) is 11.7. The second kappa shape index (κ2) is 7.26. The molecule has 0 bridgehead atoms. The highest BCUT2D eigenvalue weighted by Gasteiger charge is 2.24. The van der Waals surface area contributed by atoms with Gasteiger partial charge in [-0.05, 0) is 24.5 Å². The van der Waals surface area contributed by atoms with Crippen LogP contribution >= 0.6 is 0 Å². The lowest BCUT2D eigenvalue weighted by Crippen LogP contribution is -2.47. The van der Waals surface area contributed by atoms with E-state index in [1.54, 1.807) is 6.07 Å². The Morgan fingerprint density at radius 2 is 1.95 bits per heavy atom. The zero-order valence-electron chi connectivity index (χ0n) is 11.9. The van der Waals surface area contributed by atoms with E-state index in [0.717, 1.165) is 18.4 Å². The molecular weight excluding hydrogens is 242 g/mol. The predicted molar refractivity (Wildman–Crippen MR) is 75.0 cm³/mol. The van der Waals surface area contributed by atoms with E-state index < -0.39 is 0 Å². The van der Waals surface area contributed by atoms with Crippen LogP contribution in [-0.4, -0.2) is 30.3 Å². The standard InChI is InChI=1S/C15H23NO3/c1-4-15(5-2,11-17)16-10-12-8-6-7-9-13(12)14(18)19-3/h6-9,16-17H,4-5,10-11H2,1-3H3. The fourth-order valence-electron chi connectivity index (χ4n) is 2.05. The van der Waals surface area contributed by atoms with Crippen molar-refractivity contribution in [3.05, 3.63) is 35.4 Å². The molecule has 0 atom stereocenters. The first-order chi connectivity index (χ1) is 9.12. The monoisotopic (exact) mass is 265 g/mol. The minimum absolute atomic E-state index is 0.0837. The van der Waals surface area contributed by atoms with Gasteiger partial charge in [-0.3, -0.25) is 0 Å². The Bertz CT molecular complexity index is 405. The fraction of sp³-hybridized carbons (Fsp3) is 0.533. The molecule has 0 saturated carbocycles. The third-order valence-electron chi connectivity index (χ3n) is 3.73. The maximum absolute atomic E-state index is 11.7. The van der Waals surface area contributed by atoms with Crippen molar-refractivity contribution in [3.63, 3.8) is 0 Å². The van der Waals surface area contributed by atoms with Gasteiger partial charge < -0.3 is 15.2 Å². The maximum atomic E-state index is 11.7. The smallest absolute Gasteiger partial charge is 0.338 e. The molecule has 106 valence electrons. The summed E-state index contributed by atoms with van der Waals surface area (Å²) in [5.74, 6) is -0.333. The normalized spacial score (nSPS) is 11.4. The molecule has 0 heterocycles. The first kappa shape index (κ1) is 15.7. The molecule has 0 aliphatic heterocycles. The molecule has 1 aromatic rings. The zero-order chi connectivity index (χ0) is 14.3. The Balaban J connectivity index is 2.85. The Hall–Kier alpha value is -1.39. The molecule has 1 aromatic carbocycles. The molecule has 1 rings (SSSR count). The summed E-state index contributed by atoms with van der Waals surface area (Å²) in [6.07, 6.45) is 1.67.